The number of hydrogen-bond donors (Lipinski definition) is 1. The van der Waals surface area contributed by atoms with Crippen LogP contribution in [0.3, 0.4) is 0 Å². The van der Waals surface area contributed by atoms with Gasteiger partial charge in [0, 0.05) is 18.7 Å². The maximum Gasteiger partial charge on any atom is 0.154 e. The van der Waals surface area contributed by atoms with Gasteiger partial charge in [0.2, 0.25) is 0 Å². The minimum absolute atomic E-state index is 0.578. The van der Waals surface area contributed by atoms with Crippen molar-refractivity contribution >= 4 is 5.69 Å². The molecule has 4 heteroatoms. The van der Waals surface area contributed by atoms with Crippen LogP contribution in [0.4, 0.5) is 5.69 Å². The molecule has 0 radical (unpaired) electrons. The van der Waals surface area contributed by atoms with Crippen molar-refractivity contribution in [1.29, 1.82) is 0 Å². The molecule has 0 bridgehead atoms. The van der Waals surface area contributed by atoms with Crippen molar-refractivity contribution in [2.45, 2.75) is 45.1 Å². The van der Waals surface area contributed by atoms with Gasteiger partial charge in [0.1, 0.15) is 5.82 Å². The van der Waals surface area contributed by atoms with E-state index in [4.69, 9.17) is 4.98 Å². The van der Waals surface area contributed by atoms with Crippen LogP contribution in [-0.4, -0.2) is 14.8 Å². The summed E-state index contributed by atoms with van der Waals surface area (Å²) in [7, 11) is 1.98. The minimum atomic E-state index is 0.578. The lowest BCUT2D eigenvalue weighted by Crippen LogP contribution is -2.06. The summed E-state index contributed by atoms with van der Waals surface area (Å²) in [5.41, 5.74) is 2.40. The highest BCUT2D eigenvalue weighted by Gasteiger charge is 2.21. The van der Waals surface area contributed by atoms with Crippen molar-refractivity contribution in [3.63, 3.8) is 0 Å². The first-order valence-electron chi connectivity index (χ1n) is 7.43. The summed E-state index contributed by atoms with van der Waals surface area (Å²) in [4.78, 5) is 4.71. The first-order chi connectivity index (χ1) is 9.72. The minimum Gasteiger partial charge on any atom is -0.378 e. The Morgan fingerprint density at radius 1 is 1.20 bits per heavy atom. The molecular weight excluding hydrogens is 248 g/mol. The molecule has 106 valence electrons. The molecule has 0 spiro atoms. The Labute approximate surface area is 120 Å². The van der Waals surface area contributed by atoms with Gasteiger partial charge in [-0.15, -0.1) is 0 Å². The first-order valence-corrected chi connectivity index (χ1v) is 7.43. The zero-order chi connectivity index (χ0) is 13.9. The fourth-order valence-corrected chi connectivity index (χ4v) is 2.80. The third kappa shape index (κ3) is 2.84. The Bertz CT molecular complexity index is 565. The second-order valence-electron chi connectivity index (χ2n) is 5.71. The van der Waals surface area contributed by atoms with Gasteiger partial charge in [0.25, 0.3) is 0 Å². The van der Waals surface area contributed by atoms with Crippen LogP contribution in [0.25, 0.3) is 0 Å². The molecule has 1 N–H and O–H groups in total. The largest absolute Gasteiger partial charge is 0.378 e. The predicted molar refractivity (Wildman–Crippen MR) is 80.7 cm³/mol. The molecule has 3 rings (SSSR count). The second kappa shape index (κ2) is 5.65. The highest BCUT2D eigenvalue weighted by Crippen LogP contribution is 2.32. The summed E-state index contributed by atoms with van der Waals surface area (Å²) in [5.74, 6) is 2.62. The molecule has 0 amide bonds. The summed E-state index contributed by atoms with van der Waals surface area (Å²) in [6.45, 7) is 2.82. The van der Waals surface area contributed by atoms with Crippen LogP contribution in [-0.2, 0) is 13.6 Å². The molecule has 1 heterocycles. The summed E-state index contributed by atoms with van der Waals surface area (Å²) >= 11 is 0. The second-order valence-corrected chi connectivity index (χ2v) is 5.71. The van der Waals surface area contributed by atoms with Gasteiger partial charge in [0.05, 0.1) is 6.54 Å². The first kappa shape index (κ1) is 13.2. The average molecular weight is 270 g/mol. The van der Waals surface area contributed by atoms with E-state index in [1.54, 1.807) is 0 Å². The maximum atomic E-state index is 4.71. The lowest BCUT2D eigenvalue weighted by molar-refractivity contribution is 0.643. The number of benzene rings is 1. The van der Waals surface area contributed by atoms with Crippen LogP contribution in [0.5, 0.6) is 0 Å². The van der Waals surface area contributed by atoms with Crippen LogP contribution < -0.4 is 5.32 Å². The number of rotatable bonds is 4. The van der Waals surface area contributed by atoms with E-state index in [0.29, 0.717) is 5.92 Å². The van der Waals surface area contributed by atoms with Gasteiger partial charge in [-0.1, -0.05) is 30.5 Å². The van der Waals surface area contributed by atoms with Crippen LogP contribution >= 0.6 is 0 Å². The molecule has 1 aliphatic carbocycles. The molecule has 0 atom stereocenters. The SMILES string of the molecule is Cc1ccc(NCc2nc(C3CCCC3)nn2C)cc1. The summed E-state index contributed by atoms with van der Waals surface area (Å²) in [5, 5.41) is 7.99. The molecular formula is C16H22N4. The van der Waals surface area contributed by atoms with Gasteiger partial charge >= 0.3 is 0 Å². The molecule has 1 aromatic heterocycles. The zero-order valence-corrected chi connectivity index (χ0v) is 12.3. The Morgan fingerprint density at radius 2 is 1.90 bits per heavy atom. The number of aromatic nitrogens is 3. The number of hydrogen-bond acceptors (Lipinski definition) is 3. The van der Waals surface area contributed by atoms with Crippen molar-refractivity contribution in [3.8, 4) is 0 Å². The van der Waals surface area contributed by atoms with Gasteiger partial charge in [-0.05, 0) is 31.9 Å². The molecule has 1 fully saturated rings. The summed E-state index contributed by atoms with van der Waals surface area (Å²) < 4.78 is 1.91. The van der Waals surface area contributed by atoms with Crippen LogP contribution in [0.2, 0.25) is 0 Å². The molecule has 0 unspecified atom stereocenters. The lowest BCUT2D eigenvalue weighted by atomic mass is 10.1. The Kier molecular flexibility index (Phi) is 3.72. The van der Waals surface area contributed by atoms with Gasteiger partial charge < -0.3 is 5.32 Å². The van der Waals surface area contributed by atoms with Crippen molar-refractivity contribution in [3.05, 3.63) is 41.5 Å². The normalized spacial score (nSPS) is 15.7. The summed E-state index contributed by atoms with van der Waals surface area (Å²) in [6, 6.07) is 8.43. The third-order valence-electron chi connectivity index (χ3n) is 4.09. The fourth-order valence-electron chi connectivity index (χ4n) is 2.80. The van der Waals surface area contributed by atoms with Gasteiger partial charge in [-0.25, -0.2) is 4.98 Å². The van der Waals surface area contributed by atoms with Crippen LogP contribution in [0, 0.1) is 6.92 Å². The standard InChI is InChI=1S/C16H22N4/c1-12-7-9-14(10-8-12)17-11-15-18-16(19-20(15)2)13-5-3-4-6-13/h7-10,13,17H,3-6,11H2,1-2H3. The van der Waals surface area contributed by atoms with E-state index in [9.17, 15) is 0 Å². The molecule has 1 aliphatic rings. The fraction of sp³-hybridized carbons (Fsp3) is 0.500. The van der Waals surface area contributed by atoms with E-state index in [-0.39, 0.29) is 0 Å². The highest BCUT2D eigenvalue weighted by molar-refractivity contribution is 5.44. The number of aryl methyl sites for hydroxylation is 2. The summed E-state index contributed by atoms with van der Waals surface area (Å²) in [6.07, 6.45) is 5.13. The molecule has 1 aromatic carbocycles. The van der Waals surface area contributed by atoms with Crippen molar-refractivity contribution in [1.82, 2.24) is 14.8 Å². The van der Waals surface area contributed by atoms with Gasteiger partial charge in [-0.2, -0.15) is 5.10 Å². The van der Waals surface area contributed by atoms with E-state index in [1.165, 1.54) is 31.2 Å². The smallest absolute Gasteiger partial charge is 0.154 e. The predicted octanol–water partition coefficient (Wildman–Crippen LogP) is 3.39. The maximum absolute atomic E-state index is 4.71. The zero-order valence-electron chi connectivity index (χ0n) is 12.3. The molecule has 2 aromatic rings. The van der Waals surface area contributed by atoms with Crippen molar-refractivity contribution in [2.24, 2.45) is 7.05 Å². The lowest BCUT2D eigenvalue weighted by Gasteiger charge is -2.05. The molecule has 20 heavy (non-hydrogen) atoms. The Morgan fingerprint density at radius 3 is 2.60 bits per heavy atom. The molecule has 0 saturated heterocycles. The Hall–Kier alpha value is -1.84. The monoisotopic (exact) mass is 270 g/mol. The Balaban J connectivity index is 1.66. The molecule has 0 aliphatic heterocycles. The topological polar surface area (TPSA) is 42.7 Å². The molecule has 1 saturated carbocycles. The van der Waals surface area contributed by atoms with Gasteiger partial charge in [0.15, 0.2) is 5.82 Å². The van der Waals surface area contributed by atoms with E-state index in [0.717, 1.165) is 23.9 Å². The van der Waals surface area contributed by atoms with E-state index in [1.807, 2.05) is 11.7 Å². The van der Waals surface area contributed by atoms with Crippen molar-refractivity contribution in [2.75, 3.05) is 5.32 Å². The average Bonchev–Trinajstić information content (AvgIpc) is 3.08. The number of anilines is 1. The van der Waals surface area contributed by atoms with Crippen LogP contribution in [0.15, 0.2) is 24.3 Å². The highest BCUT2D eigenvalue weighted by atomic mass is 15.3. The van der Waals surface area contributed by atoms with E-state index < -0.39 is 0 Å². The quantitative estimate of drug-likeness (QED) is 0.926. The molecule has 4 nitrogen and oxygen atoms in total. The number of nitrogens with zero attached hydrogens (tertiary/aromatic N) is 3. The van der Waals surface area contributed by atoms with Crippen molar-refractivity contribution < 1.29 is 0 Å². The van der Waals surface area contributed by atoms with E-state index in [2.05, 4.69) is 41.6 Å². The van der Waals surface area contributed by atoms with E-state index >= 15 is 0 Å². The van der Waals surface area contributed by atoms with Gasteiger partial charge in [-0.3, -0.25) is 4.68 Å². The third-order valence-corrected chi connectivity index (χ3v) is 4.09. The number of nitrogens with one attached hydrogen (secondary N) is 1. The van der Waals surface area contributed by atoms with Crippen LogP contribution in [0.1, 0.15) is 48.8 Å².